The largest absolute Gasteiger partial charge is 0.353 e. The van der Waals surface area contributed by atoms with E-state index in [2.05, 4.69) is 27.0 Å². The summed E-state index contributed by atoms with van der Waals surface area (Å²) in [7, 11) is 0. The van der Waals surface area contributed by atoms with Gasteiger partial charge in [-0.05, 0) is 30.7 Å². The molecule has 0 unspecified atom stereocenters. The number of hydrogen-bond acceptors (Lipinski definition) is 7. The topological polar surface area (TPSA) is 83.2 Å². The molecule has 3 saturated heterocycles. The molecule has 2 atom stereocenters. The number of aromatic nitrogens is 3. The van der Waals surface area contributed by atoms with Crippen molar-refractivity contribution in [2.45, 2.75) is 43.8 Å². The molecule has 0 spiro atoms. The number of nitrogens with one attached hydrogen (secondary N) is 1. The molecule has 9 heteroatoms. The Morgan fingerprint density at radius 2 is 1.81 bits per heavy atom. The Bertz CT molecular complexity index is 1520. The highest BCUT2D eigenvalue weighted by Gasteiger charge is 2.40. The second-order valence-corrected chi connectivity index (χ2v) is 11.2. The summed E-state index contributed by atoms with van der Waals surface area (Å²) < 4.78 is 16.4. The molecule has 5 heterocycles. The lowest BCUT2D eigenvalue weighted by molar-refractivity contribution is 0.318. The van der Waals surface area contributed by atoms with Gasteiger partial charge in [0.05, 0.1) is 10.9 Å². The van der Waals surface area contributed by atoms with Crippen LogP contribution in [0.1, 0.15) is 26.2 Å². The molecule has 2 aromatic heterocycles. The highest BCUT2D eigenvalue weighted by Crippen LogP contribution is 2.38. The lowest BCUT2D eigenvalue weighted by Gasteiger charge is -2.47. The molecule has 2 bridgehead atoms. The number of nitrogens with zero attached hydrogens (tertiary/aromatic N) is 5. The first-order valence-corrected chi connectivity index (χ1v) is 13.4. The molecule has 0 amide bonds. The summed E-state index contributed by atoms with van der Waals surface area (Å²) >= 11 is 6.57. The average molecular weight is 518 g/mol. The van der Waals surface area contributed by atoms with Gasteiger partial charge in [0, 0.05) is 60.4 Å². The lowest BCUT2D eigenvalue weighted by atomic mass is 9.89. The first-order chi connectivity index (χ1) is 17.9. The smallest absolute Gasteiger partial charge is 0.228 e. The highest BCUT2D eigenvalue weighted by molar-refractivity contribution is 6.36. The Morgan fingerprint density at radius 1 is 1.08 bits per heavy atom. The SMILES string of the molecule is CCC1(N)CN(c2nc(N3C[C@H]4CC[C@@H](C3)N4)c3cnc(-c4cccc5cccc(Cl)c45)c(F)c3n2)C1. The number of pyridine rings is 1. The Morgan fingerprint density at radius 3 is 2.54 bits per heavy atom. The van der Waals surface area contributed by atoms with Gasteiger partial charge >= 0.3 is 0 Å². The van der Waals surface area contributed by atoms with Crippen LogP contribution < -0.4 is 20.9 Å². The quantitative estimate of drug-likeness (QED) is 0.412. The Kier molecular flexibility index (Phi) is 5.29. The van der Waals surface area contributed by atoms with E-state index in [1.807, 2.05) is 36.4 Å². The number of rotatable bonds is 4. The number of fused-ring (bicyclic) bond motifs is 4. The third-order valence-corrected chi connectivity index (χ3v) is 8.59. The molecule has 4 aromatic rings. The van der Waals surface area contributed by atoms with Crippen molar-refractivity contribution in [2.24, 2.45) is 5.73 Å². The number of halogens is 2. The van der Waals surface area contributed by atoms with Gasteiger partial charge in [0.15, 0.2) is 5.82 Å². The van der Waals surface area contributed by atoms with Crippen LogP contribution in [0.15, 0.2) is 42.6 Å². The normalized spacial score (nSPS) is 22.6. The zero-order chi connectivity index (χ0) is 25.3. The van der Waals surface area contributed by atoms with Crippen LogP contribution in [0.5, 0.6) is 0 Å². The Labute approximate surface area is 219 Å². The molecule has 3 fully saturated rings. The standard InChI is InChI=1S/C28H29ClFN7/c1-2-28(31)14-37(15-28)27-34-25-20(26(35-27)36-12-17-9-10-18(13-36)33-17)11-32-24(23(25)30)19-7-3-5-16-6-4-8-21(29)22(16)19/h3-8,11,17-18,33H,2,9-10,12-15,31H2,1H3/t17-,18+. The lowest BCUT2D eigenvalue weighted by Crippen LogP contribution is -2.67. The van der Waals surface area contributed by atoms with Gasteiger partial charge in [-0.1, -0.05) is 48.9 Å². The van der Waals surface area contributed by atoms with Crippen LogP contribution in [-0.4, -0.2) is 58.8 Å². The van der Waals surface area contributed by atoms with Crippen LogP contribution in [0.4, 0.5) is 16.2 Å². The van der Waals surface area contributed by atoms with Gasteiger partial charge in [-0.15, -0.1) is 0 Å². The van der Waals surface area contributed by atoms with E-state index in [1.54, 1.807) is 6.20 Å². The second kappa shape index (κ2) is 8.48. The summed E-state index contributed by atoms with van der Waals surface area (Å²) in [6.45, 7) is 5.06. The predicted molar refractivity (Wildman–Crippen MR) is 147 cm³/mol. The zero-order valence-electron chi connectivity index (χ0n) is 20.7. The van der Waals surface area contributed by atoms with Gasteiger partial charge in [-0.25, -0.2) is 9.37 Å². The van der Waals surface area contributed by atoms with Crippen molar-refractivity contribution in [1.82, 2.24) is 20.3 Å². The van der Waals surface area contributed by atoms with Gasteiger partial charge in [0.1, 0.15) is 17.0 Å². The van der Waals surface area contributed by atoms with E-state index in [0.717, 1.165) is 48.9 Å². The summed E-state index contributed by atoms with van der Waals surface area (Å²) in [6.07, 6.45) is 4.89. The maximum atomic E-state index is 16.4. The molecule has 37 heavy (non-hydrogen) atoms. The van der Waals surface area contributed by atoms with Crippen LogP contribution in [0.3, 0.4) is 0 Å². The summed E-state index contributed by atoms with van der Waals surface area (Å²) in [5.41, 5.74) is 7.38. The molecule has 0 aliphatic carbocycles. The summed E-state index contributed by atoms with van der Waals surface area (Å²) in [5.74, 6) is 0.816. The predicted octanol–water partition coefficient (Wildman–Crippen LogP) is 4.51. The van der Waals surface area contributed by atoms with Crippen LogP contribution in [-0.2, 0) is 0 Å². The molecule has 3 aliphatic heterocycles. The van der Waals surface area contributed by atoms with Crippen molar-refractivity contribution in [1.29, 1.82) is 0 Å². The first kappa shape index (κ1) is 23.1. The minimum atomic E-state index is -0.456. The fourth-order valence-corrected chi connectivity index (χ4v) is 6.43. The molecule has 2 aromatic carbocycles. The van der Waals surface area contributed by atoms with E-state index in [0.29, 0.717) is 47.1 Å². The molecule has 3 N–H and O–H groups in total. The van der Waals surface area contributed by atoms with Crippen LogP contribution >= 0.6 is 11.6 Å². The summed E-state index contributed by atoms with van der Waals surface area (Å²) in [5, 5.41) is 6.58. The Balaban J connectivity index is 1.41. The maximum absolute atomic E-state index is 16.4. The highest BCUT2D eigenvalue weighted by atomic mass is 35.5. The summed E-state index contributed by atoms with van der Waals surface area (Å²) in [4.78, 5) is 18.7. The maximum Gasteiger partial charge on any atom is 0.228 e. The number of benzene rings is 2. The van der Waals surface area contributed by atoms with Gasteiger partial charge in [0.2, 0.25) is 5.95 Å². The van der Waals surface area contributed by atoms with Crippen molar-refractivity contribution in [3.63, 3.8) is 0 Å². The van der Waals surface area contributed by atoms with Crippen LogP contribution in [0.2, 0.25) is 5.02 Å². The van der Waals surface area contributed by atoms with E-state index in [-0.39, 0.29) is 16.7 Å². The van der Waals surface area contributed by atoms with Crippen molar-refractivity contribution in [3.05, 3.63) is 53.4 Å². The molecular formula is C28H29ClFN7. The molecule has 3 aliphatic rings. The molecular weight excluding hydrogens is 489 g/mol. The van der Waals surface area contributed by atoms with E-state index in [1.165, 1.54) is 0 Å². The first-order valence-electron chi connectivity index (χ1n) is 13.0. The Hall–Kier alpha value is -3.07. The fraction of sp³-hybridized carbons (Fsp3) is 0.393. The van der Waals surface area contributed by atoms with E-state index in [4.69, 9.17) is 27.3 Å². The van der Waals surface area contributed by atoms with Gasteiger partial charge in [0.25, 0.3) is 0 Å². The third-order valence-electron chi connectivity index (χ3n) is 8.28. The number of nitrogens with two attached hydrogens (primary N) is 1. The van der Waals surface area contributed by atoms with E-state index >= 15 is 4.39 Å². The average Bonchev–Trinajstić information content (AvgIpc) is 3.23. The summed E-state index contributed by atoms with van der Waals surface area (Å²) in [6, 6.07) is 12.3. The van der Waals surface area contributed by atoms with Crippen LogP contribution in [0.25, 0.3) is 32.9 Å². The third kappa shape index (κ3) is 3.73. The van der Waals surface area contributed by atoms with Gasteiger partial charge in [-0.3, -0.25) is 4.98 Å². The number of hydrogen-bond donors (Lipinski definition) is 2. The van der Waals surface area contributed by atoms with Gasteiger partial charge < -0.3 is 20.9 Å². The van der Waals surface area contributed by atoms with Crippen molar-refractivity contribution < 1.29 is 4.39 Å². The zero-order valence-corrected chi connectivity index (χ0v) is 21.5. The molecule has 0 saturated carbocycles. The van der Waals surface area contributed by atoms with E-state index < -0.39 is 5.82 Å². The minimum Gasteiger partial charge on any atom is -0.353 e. The molecule has 190 valence electrons. The minimum absolute atomic E-state index is 0.243. The number of anilines is 2. The van der Waals surface area contributed by atoms with Crippen molar-refractivity contribution in [2.75, 3.05) is 36.0 Å². The van der Waals surface area contributed by atoms with Gasteiger partial charge in [-0.2, -0.15) is 4.98 Å². The molecule has 7 rings (SSSR count). The number of piperazine rings is 1. The fourth-order valence-electron chi connectivity index (χ4n) is 6.14. The van der Waals surface area contributed by atoms with E-state index in [9.17, 15) is 0 Å². The monoisotopic (exact) mass is 517 g/mol. The second-order valence-electron chi connectivity index (χ2n) is 10.8. The van der Waals surface area contributed by atoms with Crippen molar-refractivity contribution >= 4 is 45.0 Å². The van der Waals surface area contributed by atoms with Crippen molar-refractivity contribution in [3.8, 4) is 11.3 Å². The molecule has 0 radical (unpaired) electrons. The molecule has 7 nitrogen and oxygen atoms in total. The van der Waals surface area contributed by atoms with Crippen LogP contribution in [0, 0.1) is 5.82 Å².